The van der Waals surface area contributed by atoms with E-state index in [1.807, 2.05) is 24.3 Å². The molecule has 2 rings (SSSR count). The highest BCUT2D eigenvalue weighted by molar-refractivity contribution is 6.01. The zero-order valence-electron chi connectivity index (χ0n) is 12.8. The van der Waals surface area contributed by atoms with Crippen molar-refractivity contribution in [3.63, 3.8) is 0 Å². The van der Waals surface area contributed by atoms with Crippen molar-refractivity contribution >= 4 is 28.4 Å². The normalized spacial score (nSPS) is 11.2. The van der Waals surface area contributed by atoms with Gasteiger partial charge in [0.25, 0.3) is 5.91 Å². The lowest BCUT2D eigenvalue weighted by Crippen LogP contribution is -2.21. The SMILES string of the molecule is CCN(CC)c1ccc2cc(C=C(C#N)C(N)=O)ccc2c1. The second-order valence-electron chi connectivity index (χ2n) is 5.00. The molecule has 2 aromatic rings. The lowest BCUT2D eigenvalue weighted by molar-refractivity contribution is -0.114. The fourth-order valence-corrected chi connectivity index (χ4v) is 2.45. The highest BCUT2D eigenvalue weighted by atomic mass is 16.1. The third-order valence-electron chi connectivity index (χ3n) is 3.67. The summed E-state index contributed by atoms with van der Waals surface area (Å²) in [6.07, 6.45) is 1.51. The zero-order chi connectivity index (χ0) is 16.1. The van der Waals surface area contributed by atoms with Crippen LogP contribution in [0.5, 0.6) is 0 Å². The second kappa shape index (κ2) is 6.77. The molecule has 4 heteroatoms. The Balaban J connectivity index is 2.43. The summed E-state index contributed by atoms with van der Waals surface area (Å²) in [5, 5.41) is 11.1. The molecule has 0 spiro atoms. The number of nitrogens with two attached hydrogens (primary N) is 1. The summed E-state index contributed by atoms with van der Waals surface area (Å²) >= 11 is 0. The van der Waals surface area contributed by atoms with Gasteiger partial charge in [-0.25, -0.2) is 0 Å². The summed E-state index contributed by atoms with van der Waals surface area (Å²) < 4.78 is 0. The molecule has 0 unspecified atom stereocenters. The molecular weight excluding hydrogens is 274 g/mol. The zero-order valence-corrected chi connectivity index (χ0v) is 12.8. The predicted molar refractivity (Wildman–Crippen MR) is 90.3 cm³/mol. The maximum atomic E-state index is 11.1. The van der Waals surface area contributed by atoms with Gasteiger partial charge in [-0.3, -0.25) is 4.79 Å². The van der Waals surface area contributed by atoms with Gasteiger partial charge in [0.15, 0.2) is 0 Å². The Bertz CT molecular complexity index is 767. The van der Waals surface area contributed by atoms with E-state index < -0.39 is 5.91 Å². The predicted octanol–water partition coefficient (Wildman–Crippen LogP) is 3.08. The van der Waals surface area contributed by atoms with E-state index in [2.05, 4.69) is 36.9 Å². The van der Waals surface area contributed by atoms with E-state index in [0.717, 1.165) is 29.4 Å². The van der Waals surface area contributed by atoms with Crippen molar-refractivity contribution in [3.05, 3.63) is 47.5 Å². The molecule has 0 aromatic heterocycles. The average molecular weight is 293 g/mol. The number of nitriles is 1. The standard InChI is InChI=1S/C18H19N3O/c1-3-21(4-2)17-8-7-14-9-13(5-6-15(14)11-17)10-16(12-19)18(20)22/h5-11H,3-4H2,1-2H3,(H2,20,22). The van der Waals surface area contributed by atoms with Gasteiger partial charge in [0, 0.05) is 18.8 Å². The van der Waals surface area contributed by atoms with Crippen LogP contribution >= 0.6 is 0 Å². The highest BCUT2D eigenvalue weighted by Crippen LogP contribution is 2.24. The molecule has 0 radical (unpaired) electrons. The minimum absolute atomic E-state index is 0.0425. The van der Waals surface area contributed by atoms with Crippen molar-refractivity contribution in [2.24, 2.45) is 5.73 Å². The van der Waals surface area contributed by atoms with Crippen LogP contribution in [0.1, 0.15) is 19.4 Å². The number of carbonyl (C=O) groups is 1. The number of primary amides is 1. The first-order valence-corrected chi connectivity index (χ1v) is 7.29. The number of rotatable bonds is 5. The van der Waals surface area contributed by atoms with Crippen LogP contribution in [0.3, 0.4) is 0 Å². The van der Waals surface area contributed by atoms with E-state index in [4.69, 9.17) is 11.0 Å². The number of amides is 1. The Kier molecular flexibility index (Phi) is 4.80. The number of hydrogen-bond donors (Lipinski definition) is 1. The van der Waals surface area contributed by atoms with Crippen molar-refractivity contribution in [1.82, 2.24) is 0 Å². The first-order valence-electron chi connectivity index (χ1n) is 7.29. The topological polar surface area (TPSA) is 70.1 Å². The number of fused-ring (bicyclic) bond motifs is 1. The Morgan fingerprint density at radius 2 is 1.82 bits per heavy atom. The van der Waals surface area contributed by atoms with Gasteiger partial charge in [0.05, 0.1) is 0 Å². The maximum Gasteiger partial charge on any atom is 0.259 e. The van der Waals surface area contributed by atoms with E-state index in [9.17, 15) is 4.79 Å². The minimum atomic E-state index is -0.709. The van der Waals surface area contributed by atoms with Gasteiger partial charge in [0.1, 0.15) is 11.6 Å². The number of nitrogens with zero attached hydrogens (tertiary/aromatic N) is 2. The summed E-state index contributed by atoms with van der Waals surface area (Å²) in [5.74, 6) is -0.709. The smallest absolute Gasteiger partial charge is 0.259 e. The molecule has 0 fully saturated rings. The van der Waals surface area contributed by atoms with Crippen molar-refractivity contribution < 1.29 is 4.79 Å². The fourth-order valence-electron chi connectivity index (χ4n) is 2.45. The van der Waals surface area contributed by atoms with E-state index in [1.54, 1.807) is 0 Å². The Morgan fingerprint density at radius 1 is 1.18 bits per heavy atom. The number of anilines is 1. The molecule has 0 aliphatic carbocycles. The number of benzene rings is 2. The number of hydrogen-bond acceptors (Lipinski definition) is 3. The summed E-state index contributed by atoms with van der Waals surface area (Å²) in [5.41, 5.74) is 7.09. The Labute approximate surface area is 130 Å². The molecule has 0 saturated heterocycles. The summed E-state index contributed by atoms with van der Waals surface area (Å²) in [6.45, 7) is 6.20. The van der Waals surface area contributed by atoms with Crippen molar-refractivity contribution in [3.8, 4) is 6.07 Å². The van der Waals surface area contributed by atoms with Crippen molar-refractivity contribution in [1.29, 1.82) is 5.26 Å². The van der Waals surface area contributed by atoms with Gasteiger partial charge in [-0.1, -0.05) is 18.2 Å². The van der Waals surface area contributed by atoms with Gasteiger partial charge < -0.3 is 10.6 Å². The molecule has 0 saturated carbocycles. The summed E-state index contributed by atoms with van der Waals surface area (Å²) in [6, 6.07) is 13.9. The average Bonchev–Trinajstić information content (AvgIpc) is 2.53. The molecule has 4 nitrogen and oxygen atoms in total. The second-order valence-corrected chi connectivity index (χ2v) is 5.00. The first-order chi connectivity index (χ1) is 10.6. The lowest BCUT2D eigenvalue weighted by atomic mass is 10.0. The van der Waals surface area contributed by atoms with Crippen LogP contribution in [0.2, 0.25) is 0 Å². The molecule has 0 heterocycles. The molecule has 112 valence electrons. The first kappa shape index (κ1) is 15.6. The molecule has 0 aliphatic heterocycles. The quantitative estimate of drug-likeness (QED) is 0.680. The van der Waals surface area contributed by atoms with Crippen LogP contribution in [0, 0.1) is 11.3 Å². The van der Waals surface area contributed by atoms with Crippen molar-refractivity contribution in [2.45, 2.75) is 13.8 Å². The van der Waals surface area contributed by atoms with Crippen LogP contribution in [0.15, 0.2) is 42.0 Å². The molecule has 1 amide bonds. The van der Waals surface area contributed by atoms with E-state index in [0.29, 0.717) is 0 Å². The van der Waals surface area contributed by atoms with Gasteiger partial charge >= 0.3 is 0 Å². The molecule has 0 aliphatic rings. The third kappa shape index (κ3) is 3.26. The van der Waals surface area contributed by atoms with Crippen LogP contribution in [-0.4, -0.2) is 19.0 Å². The van der Waals surface area contributed by atoms with Crippen LogP contribution < -0.4 is 10.6 Å². The highest BCUT2D eigenvalue weighted by Gasteiger charge is 2.05. The molecular formula is C18H19N3O. The summed E-state index contributed by atoms with van der Waals surface area (Å²) in [7, 11) is 0. The van der Waals surface area contributed by atoms with E-state index in [1.165, 1.54) is 11.8 Å². The fraction of sp³-hybridized carbons (Fsp3) is 0.222. The minimum Gasteiger partial charge on any atom is -0.372 e. The molecule has 0 atom stereocenters. The molecule has 2 aromatic carbocycles. The van der Waals surface area contributed by atoms with Crippen molar-refractivity contribution in [2.75, 3.05) is 18.0 Å². The maximum absolute atomic E-state index is 11.1. The Morgan fingerprint density at radius 3 is 2.41 bits per heavy atom. The van der Waals surface area contributed by atoms with E-state index in [-0.39, 0.29) is 5.57 Å². The van der Waals surface area contributed by atoms with Crippen LogP contribution in [-0.2, 0) is 4.79 Å². The van der Waals surface area contributed by atoms with Gasteiger partial charge in [-0.15, -0.1) is 0 Å². The van der Waals surface area contributed by atoms with Gasteiger partial charge in [0.2, 0.25) is 0 Å². The monoisotopic (exact) mass is 293 g/mol. The Hall–Kier alpha value is -2.80. The lowest BCUT2D eigenvalue weighted by Gasteiger charge is -2.21. The number of carbonyl (C=O) groups excluding carboxylic acids is 1. The van der Waals surface area contributed by atoms with E-state index >= 15 is 0 Å². The van der Waals surface area contributed by atoms with Crippen LogP contribution in [0.4, 0.5) is 5.69 Å². The third-order valence-corrected chi connectivity index (χ3v) is 3.67. The van der Waals surface area contributed by atoms with Gasteiger partial charge in [-0.05, 0) is 54.5 Å². The molecule has 2 N–H and O–H groups in total. The van der Waals surface area contributed by atoms with Crippen LogP contribution in [0.25, 0.3) is 16.8 Å². The largest absolute Gasteiger partial charge is 0.372 e. The summed E-state index contributed by atoms with van der Waals surface area (Å²) in [4.78, 5) is 13.4. The van der Waals surface area contributed by atoms with Gasteiger partial charge in [-0.2, -0.15) is 5.26 Å². The molecule has 22 heavy (non-hydrogen) atoms. The molecule has 0 bridgehead atoms.